The SMILES string of the molecule is COC(=O)C1CCN(C2CCCCCC2C#N)CC1. The molecule has 0 N–H and O–H groups in total. The van der Waals surface area contributed by atoms with E-state index in [0.717, 1.165) is 38.8 Å². The van der Waals surface area contributed by atoms with Gasteiger partial charge in [-0.3, -0.25) is 9.69 Å². The van der Waals surface area contributed by atoms with E-state index in [1.54, 1.807) is 0 Å². The van der Waals surface area contributed by atoms with Gasteiger partial charge in [-0.1, -0.05) is 19.3 Å². The number of carbonyl (C=O) groups excluding carboxylic acids is 1. The Labute approximate surface area is 115 Å². The summed E-state index contributed by atoms with van der Waals surface area (Å²) in [5.74, 6) is 0.169. The van der Waals surface area contributed by atoms with E-state index in [0.29, 0.717) is 6.04 Å². The lowest BCUT2D eigenvalue weighted by Gasteiger charge is -2.38. The Bertz CT molecular complexity index is 343. The summed E-state index contributed by atoms with van der Waals surface area (Å²) in [7, 11) is 1.46. The highest BCUT2D eigenvalue weighted by molar-refractivity contribution is 5.72. The van der Waals surface area contributed by atoms with Crippen LogP contribution in [0.15, 0.2) is 0 Å². The first-order valence-electron chi connectivity index (χ1n) is 7.47. The van der Waals surface area contributed by atoms with Crippen LogP contribution < -0.4 is 0 Å². The quantitative estimate of drug-likeness (QED) is 0.567. The molecule has 0 radical (unpaired) electrons. The molecule has 1 aliphatic carbocycles. The number of rotatable bonds is 2. The highest BCUT2D eigenvalue weighted by Gasteiger charge is 2.33. The van der Waals surface area contributed by atoms with Gasteiger partial charge in [0.05, 0.1) is 25.0 Å². The standard InChI is InChI=1S/C15H24N2O2/c1-19-15(18)12-7-9-17(10-8-12)14-6-4-2-3-5-13(14)11-16/h12-14H,2-10H2,1H3. The summed E-state index contributed by atoms with van der Waals surface area (Å²) in [5, 5.41) is 9.34. The largest absolute Gasteiger partial charge is 0.469 e. The zero-order valence-electron chi connectivity index (χ0n) is 11.8. The monoisotopic (exact) mass is 264 g/mol. The Hall–Kier alpha value is -1.08. The first kappa shape index (κ1) is 14.3. The van der Waals surface area contributed by atoms with Gasteiger partial charge < -0.3 is 4.74 Å². The molecule has 2 atom stereocenters. The third-order valence-electron chi connectivity index (χ3n) is 4.68. The Morgan fingerprint density at radius 1 is 1.16 bits per heavy atom. The Morgan fingerprint density at radius 2 is 1.84 bits per heavy atom. The fourth-order valence-electron chi connectivity index (χ4n) is 3.51. The maximum Gasteiger partial charge on any atom is 0.308 e. The van der Waals surface area contributed by atoms with E-state index in [4.69, 9.17) is 4.74 Å². The molecule has 4 heteroatoms. The lowest BCUT2D eigenvalue weighted by molar-refractivity contribution is -0.147. The van der Waals surface area contributed by atoms with Gasteiger partial charge >= 0.3 is 5.97 Å². The molecular weight excluding hydrogens is 240 g/mol. The minimum atomic E-state index is -0.0719. The van der Waals surface area contributed by atoms with E-state index >= 15 is 0 Å². The van der Waals surface area contributed by atoms with Crippen LogP contribution in [0.25, 0.3) is 0 Å². The van der Waals surface area contributed by atoms with Crippen molar-refractivity contribution in [3.8, 4) is 6.07 Å². The summed E-state index contributed by atoms with van der Waals surface area (Å²) in [6.07, 6.45) is 7.61. The topological polar surface area (TPSA) is 53.3 Å². The lowest BCUT2D eigenvalue weighted by atomic mass is 9.90. The van der Waals surface area contributed by atoms with Crippen LogP contribution in [-0.4, -0.2) is 37.1 Å². The van der Waals surface area contributed by atoms with Crippen molar-refractivity contribution < 1.29 is 9.53 Å². The molecular formula is C15H24N2O2. The molecule has 0 amide bonds. The van der Waals surface area contributed by atoms with E-state index in [9.17, 15) is 10.1 Å². The van der Waals surface area contributed by atoms with Crippen molar-refractivity contribution in [2.75, 3.05) is 20.2 Å². The van der Waals surface area contributed by atoms with E-state index in [2.05, 4.69) is 11.0 Å². The van der Waals surface area contributed by atoms with Crippen LogP contribution in [0.1, 0.15) is 44.9 Å². The number of nitrogens with zero attached hydrogens (tertiary/aromatic N) is 2. The Balaban J connectivity index is 1.92. The number of piperidine rings is 1. The minimum absolute atomic E-state index is 0.0626. The molecule has 2 aliphatic rings. The van der Waals surface area contributed by atoms with E-state index < -0.39 is 0 Å². The van der Waals surface area contributed by atoms with Crippen molar-refractivity contribution in [3.05, 3.63) is 0 Å². The summed E-state index contributed by atoms with van der Waals surface area (Å²) in [6.45, 7) is 1.87. The Morgan fingerprint density at radius 3 is 2.47 bits per heavy atom. The van der Waals surface area contributed by atoms with E-state index in [1.807, 2.05) is 0 Å². The molecule has 0 bridgehead atoms. The molecule has 1 saturated carbocycles. The molecule has 2 unspecified atom stereocenters. The van der Waals surface area contributed by atoms with Gasteiger partial charge in [0.2, 0.25) is 0 Å². The first-order chi connectivity index (χ1) is 9.26. The summed E-state index contributed by atoms with van der Waals surface area (Å²) in [5.41, 5.74) is 0. The number of ether oxygens (including phenoxy) is 1. The number of likely N-dealkylation sites (tertiary alicyclic amines) is 1. The second-order valence-electron chi connectivity index (χ2n) is 5.77. The highest BCUT2D eigenvalue weighted by atomic mass is 16.5. The third kappa shape index (κ3) is 3.48. The molecule has 2 fully saturated rings. The third-order valence-corrected chi connectivity index (χ3v) is 4.68. The molecule has 1 saturated heterocycles. The molecule has 106 valence electrons. The predicted octanol–water partition coefficient (Wildman–Crippen LogP) is 2.34. The van der Waals surface area contributed by atoms with Crippen molar-refractivity contribution in [2.24, 2.45) is 11.8 Å². The van der Waals surface area contributed by atoms with E-state index in [1.165, 1.54) is 26.4 Å². The van der Waals surface area contributed by atoms with Crippen molar-refractivity contribution in [2.45, 2.75) is 51.0 Å². The summed E-state index contributed by atoms with van der Waals surface area (Å²) >= 11 is 0. The van der Waals surface area contributed by atoms with Gasteiger partial charge in [0.25, 0.3) is 0 Å². The molecule has 1 aliphatic heterocycles. The van der Waals surface area contributed by atoms with Gasteiger partial charge in [0.15, 0.2) is 0 Å². The van der Waals surface area contributed by atoms with Gasteiger partial charge in [-0.15, -0.1) is 0 Å². The first-order valence-corrected chi connectivity index (χ1v) is 7.47. The molecule has 4 nitrogen and oxygen atoms in total. The van der Waals surface area contributed by atoms with Gasteiger partial charge in [0.1, 0.15) is 0 Å². The van der Waals surface area contributed by atoms with Gasteiger partial charge in [-0.25, -0.2) is 0 Å². The van der Waals surface area contributed by atoms with E-state index in [-0.39, 0.29) is 17.8 Å². The van der Waals surface area contributed by atoms with Crippen LogP contribution in [-0.2, 0) is 9.53 Å². The number of esters is 1. The van der Waals surface area contributed by atoms with Crippen molar-refractivity contribution in [3.63, 3.8) is 0 Å². The number of nitriles is 1. The Kier molecular flexibility index (Phi) is 5.21. The summed E-state index contributed by atoms with van der Waals surface area (Å²) in [4.78, 5) is 14.0. The molecule has 2 rings (SSSR count). The van der Waals surface area contributed by atoms with Crippen LogP contribution in [0.3, 0.4) is 0 Å². The van der Waals surface area contributed by atoms with Crippen LogP contribution in [0.4, 0.5) is 0 Å². The molecule has 1 heterocycles. The second-order valence-corrected chi connectivity index (χ2v) is 5.77. The fraction of sp³-hybridized carbons (Fsp3) is 0.867. The average molecular weight is 264 g/mol. The molecule has 0 aromatic rings. The maximum absolute atomic E-state index is 11.5. The molecule has 0 aromatic carbocycles. The van der Waals surface area contributed by atoms with Crippen LogP contribution in [0.2, 0.25) is 0 Å². The summed E-state index contributed by atoms with van der Waals surface area (Å²) < 4.78 is 4.82. The smallest absolute Gasteiger partial charge is 0.308 e. The highest BCUT2D eigenvalue weighted by Crippen LogP contribution is 2.30. The average Bonchev–Trinajstić information content (AvgIpc) is 2.71. The minimum Gasteiger partial charge on any atom is -0.469 e. The second kappa shape index (κ2) is 6.91. The number of hydrogen-bond donors (Lipinski definition) is 0. The van der Waals surface area contributed by atoms with Crippen molar-refractivity contribution in [1.82, 2.24) is 4.90 Å². The molecule has 0 aromatic heterocycles. The predicted molar refractivity (Wildman–Crippen MR) is 72.3 cm³/mol. The zero-order valence-corrected chi connectivity index (χ0v) is 11.8. The van der Waals surface area contributed by atoms with Crippen LogP contribution in [0.5, 0.6) is 0 Å². The normalized spacial score (nSPS) is 30.3. The summed E-state index contributed by atoms with van der Waals surface area (Å²) in [6, 6.07) is 2.91. The number of carbonyl (C=O) groups is 1. The van der Waals surface area contributed by atoms with Gasteiger partial charge in [0, 0.05) is 6.04 Å². The molecule has 19 heavy (non-hydrogen) atoms. The maximum atomic E-state index is 11.5. The lowest BCUT2D eigenvalue weighted by Crippen LogP contribution is -2.45. The van der Waals surface area contributed by atoms with Gasteiger partial charge in [-0.2, -0.15) is 5.26 Å². The zero-order chi connectivity index (χ0) is 13.7. The fourth-order valence-corrected chi connectivity index (χ4v) is 3.51. The van der Waals surface area contributed by atoms with Crippen LogP contribution in [0, 0.1) is 23.2 Å². The molecule has 0 spiro atoms. The van der Waals surface area contributed by atoms with Crippen LogP contribution >= 0.6 is 0 Å². The van der Waals surface area contributed by atoms with Crippen molar-refractivity contribution >= 4 is 5.97 Å². The number of hydrogen-bond acceptors (Lipinski definition) is 4. The number of methoxy groups -OCH3 is 1. The van der Waals surface area contributed by atoms with Crippen molar-refractivity contribution in [1.29, 1.82) is 5.26 Å². The van der Waals surface area contributed by atoms with Gasteiger partial charge in [-0.05, 0) is 38.8 Å².